The van der Waals surface area contributed by atoms with Crippen molar-refractivity contribution in [2.75, 3.05) is 5.32 Å². The van der Waals surface area contributed by atoms with Gasteiger partial charge >= 0.3 is 0 Å². The fourth-order valence-corrected chi connectivity index (χ4v) is 4.72. The molecule has 0 saturated carbocycles. The second-order valence-corrected chi connectivity index (χ2v) is 9.86. The number of allylic oxidation sites excluding steroid dienone is 3. The molecule has 0 saturated heterocycles. The summed E-state index contributed by atoms with van der Waals surface area (Å²) in [5, 5.41) is 6.21. The molecule has 1 heterocycles. The Bertz CT molecular complexity index is 1120. The maximum Gasteiger partial charge on any atom is 0.254 e. The Kier molecular flexibility index (Phi) is 5.60. The zero-order chi connectivity index (χ0) is 22.3. The van der Waals surface area contributed by atoms with Gasteiger partial charge in [0.1, 0.15) is 5.82 Å². The Morgan fingerprint density at radius 2 is 1.74 bits per heavy atom. The lowest BCUT2D eigenvalue weighted by atomic mass is 9.68. The predicted molar refractivity (Wildman–Crippen MR) is 123 cm³/mol. The molecule has 2 aromatic rings. The van der Waals surface area contributed by atoms with Crippen molar-refractivity contribution in [3.63, 3.8) is 0 Å². The predicted octanol–water partition coefficient (Wildman–Crippen LogP) is 5.83. The highest BCUT2D eigenvalue weighted by Gasteiger charge is 2.42. The van der Waals surface area contributed by atoms with Crippen LogP contribution in [0, 0.1) is 11.2 Å². The van der Waals surface area contributed by atoms with Crippen LogP contribution >= 0.6 is 15.9 Å². The molecule has 1 amide bonds. The normalized spacial score (nSPS) is 20.3. The number of nitrogens with one attached hydrogen (secondary N) is 2. The highest BCUT2D eigenvalue weighted by molar-refractivity contribution is 9.10. The fourth-order valence-electron chi connectivity index (χ4n) is 4.46. The first-order valence-electron chi connectivity index (χ1n) is 10.2. The van der Waals surface area contributed by atoms with Gasteiger partial charge in [-0.3, -0.25) is 9.59 Å². The summed E-state index contributed by atoms with van der Waals surface area (Å²) in [6.07, 6.45) is 1.18. The molecule has 6 heteroatoms. The number of hydrogen-bond donors (Lipinski definition) is 2. The van der Waals surface area contributed by atoms with E-state index in [0.29, 0.717) is 23.3 Å². The van der Waals surface area contributed by atoms with Crippen molar-refractivity contribution in [3.05, 3.63) is 86.9 Å². The van der Waals surface area contributed by atoms with Crippen LogP contribution < -0.4 is 10.6 Å². The van der Waals surface area contributed by atoms with Crippen molar-refractivity contribution in [2.24, 2.45) is 5.41 Å². The third-order valence-electron chi connectivity index (χ3n) is 5.79. The molecular weight excluding hydrogens is 459 g/mol. The largest absolute Gasteiger partial charge is 0.362 e. The monoisotopic (exact) mass is 482 g/mol. The first kappa shape index (κ1) is 21.5. The average Bonchev–Trinajstić information content (AvgIpc) is 2.68. The number of ketones is 1. The van der Waals surface area contributed by atoms with Crippen LogP contribution in [-0.4, -0.2) is 11.7 Å². The van der Waals surface area contributed by atoms with Crippen molar-refractivity contribution < 1.29 is 14.0 Å². The van der Waals surface area contributed by atoms with Crippen molar-refractivity contribution in [1.29, 1.82) is 0 Å². The van der Waals surface area contributed by atoms with Crippen LogP contribution in [0.4, 0.5) is 10.1 Å². The van der Waals surface area contributed by atoms with E-state index in [2.05, 4.69) is 40.4 Å². The first-order valence-corrected chi connectivity index (χ1v) is 11.0. The minimum Gasteiger partial charge on any atom is -0.362 e. The summed E-state index contributed by atoms with van der Waals surface area (Å²) in [5.74, 6) is -1.08. The minimum absolute atomic E-state index is 0.0613. The third-order valence-corrected chi connectivity index (χ3v) is 6.32. The summed E-state index contributed by atoms with van der Waals surface area (Å²) in [7, 11) is 0. The van der Waals surface area contributed by atoms with E-state index in [1.807, 2.05) is 31.2 Å². The molecule has 4 rings (SSSR count). The number of dihydropyridines is 1. The molecule has 0 fully saturated rings. The van der Waals surface area contributed by atoms with Crippen LogP contribution in [0.1, 0.15) is 45.1 Å². The molecule has 31 heavy (non-hydrogen) atoms. The Morgan fingerprint density at radius 3 is 2.39 bits per heavy atom. The number of rotatable bonds is 3. The van der Waals surface area contributed by atoms with Crippen molar-refractivity contribution in [2.45, 2.75) is 39.5 Å². The Balaban J connectivity index is 1.79. The molecule has 2 aliphatic rings. The van der Waals surface area contributed by atoms with E-state index in [1.165, 1.54) is 24.3 Å². The molecule has 1 aliphatic heterocycles. The van der Waals surface area contributed by atoms with E-state index in [-0.39, 0.29) is 22.9 Å². The van der Waals surface area contributed by atoms with E-state index in [4.69, 9.17) is 0 Å². The second kappa shape index (κ2) is 8.08. The van der Waals surface area contributed by atoms with E-state index in [0.717, 1.165) is 27.9 Å². The molecule has 2 aromatic carbocycles. The SMILES string of the molecule is CC1=C(C(=O)Nc2ccc(F)cc2)C(c2ccc(Br)cc2)C2=C(CC(C)(C)CC2=O)N1. The van der Waals surface area contributed by atoms with Crippen molar-refractivity contribution >= 4 is 33.3 Å². The standard InChI is InChI=1S/C25H24BrFN2O2/c1-14-21(24(31)29-18-10-8-17(27)9-11-18)22(15-4-6-16(26)7-5-15)23-19(28-14)12-25(2,3)13-20(23)30/h4-11,22,28H,12-13H2,1-3H3,(H,29,31). The summed E-state index contributed by atoms with van der Waals surface area (Å²) in [4.78, 5) is 26.6. The summed E-state index contributed by atoms with van der Waals surface area (Å²) in [5.41, 5.74) is 4.02. The number of hydrogen-bond acceptors (Lipinski definition) is 3. The minimum atomic E-state index is -0.464. The summed E-state index contributed by atoms with van der Waals surface area (Å²) in [6.45, 7) is 6.03. The van der Waals surface area contributed by atoms with E-state index >= 15 is 0 Å². The average molecular weight is 483 g/mol. The number of carbonyl (C=O) groups excluding carboxylic acids is 2. The van der Waals surface area contributed by atoms with Gasteiger partial charge in [0.15, 0.2) is 5.78 Å². The highest BCUT2D eigenvalue weighted by Crippen LogP contribution is 2.46. The van der Waals surface area contributed by atoms with E-state index < -0.39 is 5.92 Å². The summed E-state index contributed by atoms with van der Waals surface area (Å²) < 4.78 is 14.2. The van der Waals surface area contributed by atoms with Gasteiger partial charge in [-0.2, -0.15) is 0 Å². The highest BCUT2D eigenvalue weighted by atomic mass is 79.9. The molecule has 2 N–H and O–H groups in total. The number of benzene rings is 2. The quantitative estimate of drug-likeness (QED) is 0.578. The van der Waals surface area contributed by atoms with Crippen LogP contribution in [0.3, 0.4) is 0 Å². The number of carbonyl (C=O) groups is 2. The van der Waals surface area contributed by atoms with Gasteiger partial charge in [0.2, 0.25) is 0 Å². The van der Waals surface area contributed by atoms with Crippen molar-refractivity contribution in [3.8, 4) is 0 Å². The zero-order valence-corrected chi connectivity index (χ0v) is 19.3. The number of anilines is 1. The van der Waals surface area contributed by atoms with Gasteiger partial charge in [-0.05, 0) is 60.7 Å². The Morgan fingerprint density at radius 1 is 1.10 bits per heavy atom. The van der Waals surface area contributed by atoms with Gasteiger partial charge in [0.25, 0.3) is 5.91 Å². The number of halogens is 2. The number of amides is 1. The number of Topliss-reactive ketones (excluding diaryl/α,β-unsaturated/α-hetero) is 1. The smallest absolute Gasteiger partial charge is 0.254 e. The third kappa shape index (κ3) is 4.35. The van der Waals surface area contributed by atoms with Gasteiger partial charge in [0, 0.05) is 45.0 Å². The molecule has 0 spiro atoms. The zero-order valence-electron chi connectivity index (χ0n) is 17.7. The summed E-state index contributed by atoms with van der Waals surface area (Å²) >= 11 is 3.46. The lowest BCUT2D eigenvalue weighted by Gasteiger charge is -2.39. The molecule has 1 atom stereocenters. The summed E-state index contributed by atoms with van der Waals surface area (Å²) in [6, 6.07) is 13.4. The fraction of sp³-hybridized carbons (Fsp3) is 0.280. The lowest BCUT2D eigenvalue weighted by Crippen LogP contribution is -2.39. The maximum atomic E-state index is 13.4. The molecule has 1 aliphatic carbocycles. The van der Waals surface area contributed by atoms with Gasteiger partial charge < -0.3 is 10.6 Å². The lowest BCUT2D eigenvalue weighted by molar-refractivity contribution is -0.118. The van der Waals surface area contributed by atoms with Crippen LogP contribution in [-0.2, 0) is 9.59 Å². The molecule has 0 radical (unpaired) electrons. The van der Waals surface area contributed by atoms with Crippen LogP contribution in [0.15, 0.2) is 75.5 Å². The molecule has 0 bridgehead atoms. The van der Waals surface area contributed by atoms with Crippen LogP contribution in [0.5, 0.6) is 0 Å². The van der Waals surface area contributed by atoms with Gasteiger partial charge in [0.05, 0.1) is 0 Å². The van der Waals surface area contributed by atoms with Gasteiger partial charge in [-0.15, -0.1) is 0 Å². The molecule has 4 nitrogen and oxygen atoms in total. The molecule has 160 valence electrons. The van der Waals surface area contributed by atoms with Gasteiger partial charge in [-0.25, -0.2) is 4.39 Å². The van der Waals surface area contributed by atoms with Crippen molar-refractivity contribution in [1.82, 2.24) is 5.32 Å². The topological polar surface area (TPSA) is 58.2 Å². The molecule has 1 unspecified atom stereocenters. The second-order valence-electron chi connectivity index (χ2n) is 8.94. The first-order chi connectivity index (χ1) is 14.6. The molecular formula is C25H24BrFN2O2. The Hall–Kier alpha value is -2.73. The van der Waals surface area contributed by atoms with E-state index in [1.54, 1.807) is 0 Å². The maximum absolute atomic E-state index is 13.4. The van der Waals surface area contributed by atoms with Gasteiger partial charge in [-0.1, -0.05) is 41.9 Å². The van der Waals surface area contributed by atoms with Crippen LogP contribution in [0.2, 0.25) is 0 Å². The van der Waals surface area contributed by atoms with E-state index in [9.17, 15) is 14.0 Å². The molecule has 0 aromatic heterocycles. The Labute approximate surface area is 189 Å². The van der Waals surface area contributed by atoms with Crippen LogP contribution in [0.25, 0.3) is 0 Å².